The first-order valence-corrected chi connectivity index (χ1v) is 11.0. The van der Waals surface area contributed by atoms with Crippen LogP contribution in [0.15, 0.2) is 12.7 Å². The second kappa shape index (κ2) is 15.8. The van der Waals surface area contributed by atoms with Gasteiger partial charge >= 0.3 is 19.8 Å². The summed E-state index contributed by atoms with van der Waals surface area (Å²) >= 11 is 0. The van der Waals surface area contributed by atoms with Crippen molar-refractivity contribution >= 4 is 19.8 Å². The fraction of sp³-hybridized carbons (Fsp3) is 0.778. The van der Waals surface area contributed by atoms with Crippen LogP contribution in [-0.4, -0.2) is 41.0 Å². The van der Waals surface area contributed by atoms with Crippen LogP contribution in [0.1, 0.15) is 71.1 Å². The lowest BCUT2D eigenvalue weighted by atomic mass is 10.1. The highest BCUT2D eigenvalue weighted by Gasteiger charge is 2.22. The molecule has 0 aliphatic rings. The maximum absolute atomic E-state index is 11.9. The third-order valence-corrected chi connectivity index (χ3v) is 4.14. The zero-order chi connectivity index (χ0) is 20.5. The van der Waals surface area contributed by atoms with Crippen molar-refractivity contribution in [1.29, 1.82) is 0 Å². The van der Waals surface area contributed by atoms with Crippen molar-refractivity contribution < 1.29 is 37.9 Å². The van der Waals surface area contributed by atoms with Gasteiger partial charge in [-0.2, -0.15) is 0 Å². The zero-order valence-electron chi connectivity index (χ0n) is 16.1. The molecule has 0 heterocycles. The van der Waals surface area contributed by atoms with Crippen molar-refractivity contribution in [2.75, 3.05) is 13.2 Å². The van der Waals surface area contributed by atoms with Gasteiger partial charge in [0.15, 0.2) is 6.10 Å². The van der Waals surface area contributed by atoms with E-state index in [1.165, 1.54) is 0 Å². The summed E-state index contributed by atoms with van der Waals surface area (Å²) in [4.78, 5) is 40.9. The molecule has 0 bridgehead atoms. The van der Waals surface area contributed by atoms with Crippen LogP contribution in [0.3, 0.4) is 0 Å². The van der Waals surface area contributed by atoms with Gasteiger partial charge in [0, 0.05) is 12.8 Å². The second-order valence-corrected chi connectivity index (χ2v) is 7.52. The average Bonchev–Trinajstić information content (AvgIpc) is 2.59. The maximum atomic E-state index is 11.9. The van der Waals surface area contributed by atoms with Crippen LogP contribution in [0.2, 0.25) is 0 Å². The Morgan fingerprint density at radius 3 is 2.22 bits per heavy atom. The van der Waals surface area contributed by atoms with Crippen molar-refractivity contribution in [3.63, 3.8) is 0 Å². The van der Waals surface area contributed by atoms with Crippen LogP contribution < -0.4 is 0 Å². The summed E-state index contributed by atoms with van der Waals surface area (Å²) in [5.74, 6) is -0.973. The topological polar surface area (TPSA) is 119 Å². The minimum atomic E-state index is -4.70. The summed E-state index contributed by atoms with van der Waals surface area (Å²) in [6, 6.07) is 0. The van der Waals surface area contributed by atoms with E-state index in [0.29, 0.717) is 12.8 Å². The molecule has 0 aromatic carbocycles. The van der Waals surface area contributed by atoms with E-state index in [1.54, 1.807) is 0 Å². The van der Waals surface area contributed by atoms with Gasteiger partial charge in [-0.1, -0.05) is 38.7 Å². The van der Waals surface area contributed by atoms with Crippen molar-refractivity contribution in [1.82, 2.24) is 0 Å². The molecule has 2 N–H and O–H groups in total. The molecule has 0 aliphatic heterocycles. The Morgan fingerprint density at radius 1 is 1.00 bits per heavy atom. The van der Waals surface area contributed by atoms with E-state index < -0.39 is 32.5 Å². The van der Waals surface area contributed by atoms with Crippen molar-refractivity contribution in [2.45, 2.75) is 77.2 Å². The van der Waals surface area contributed by atoms with Gasteiger partial charge in [0.05, 0.1) is 6.61 Å². The van der Waals surface area contributed by atoms with Gasteiger partial charge in [-0.05, 0) is 25.7 Å². The summed E-state index contributed by atoms with van der Waals surface area (Å²) in [5.41, 5.74) is 0. The van der Waals surface area contributed by atoms with E-state index in [0.717, 1.165) is 38.5 Å². The number of allylic oxidation sites excluding steroid dienone is 1. The third kappa shape index (κ3) is 17.9. The van der Waals surface area contributed by atoms with Gasteiger partial charge in [-0.15, -0.1) is 6.58 Å². The van der Waals surface area contributed by atoms with Gasteiger partial charge < -0.3 is 19.3 Å². The minimum absolute atomic E-state index is 0.196. The smallest absolute Gasteiger partial charge is 0.462 e. The Morgan fingerprint density at radius 2 is 1.63 bits per heavy atom. The molecule has 0 aromatic rings. The van der Waals surface area contributed by atoms with Crippen molar-refractivity contribution in [3.8, 4) is 0 Å². The molecular weight excluding hydrogens is 375 g/mol. The molecule has 0 fully saturated rings. The molecule has 0 saturated heterocycles. The number of phosphoric acid groups is 1. The fourth-order valence-electron chi connectivity index (χ4n) is 2.27. The normalized spacial score (nSPS) is 12.4. The number of carbonyl (C=O) groups is 2. The van der Waals surface area contributed by atoms with Gasteiger partial charge in [-0.3, -0.25) is 14.1 Å². The summed E-state index contributed by atoms with van der Waals surface area (Å²) in [7, 11) is -4.70. The number of ether oxygens (including phenoxy) is 2. The number of rotatable bonds is 17. The lowest BCUT2D eigenvalue weighted by Crippen LogP contribution is -2.29. The predicted molar refractivity (Wildman–Crippen MR) is 101 cm³/mol. The van der Waals surface area contributed by atoms with Gasteiger partial charge in [0.1, 0.15) is 6.61 Å². The molecule has 0 unspecified atom stereocenters. The van der Waals surface area contributed by atoms with E-state index >= 15 is 0 Å². The van der Waals surface area contributed by atoms with Gasteiger partial charge in [0.25, 0.3) is 0 Å². The number of carbonyl (C=O) groups excluding carboxylic acids is 2. The van der Waals surface area contributed by atoms with Crippen LogP contribution in [0.5, 0.6) is 0 Å². The predicted octanol–water partition coefficient (Wildman–Crippen LogP) is 3.66. The second-order valence-electron chi connectivity index (χ2n) is 6.28. The van der Waals surface area contributed by atoms with Crippen LogP contribution in [0.4, 0.5) is 0 Å². The molecule has 9 heteroatoms. The van der Waals surface area contributed by atoms with E-state index in [2.05, 4.69) is 11.1 Å². The third-order valence-electron chi connectivity index (χ3n) is 3.65. The van der Waals surface area contributed by atoms with Crippen molar-refractivity contribution in [2.24, 2.45) is 0 Å². The zero-order valence-corrected chi connectivity index (χ0v) is 17.0. The summed E-state index contributed by atoms with van der Waals surface area (Å²) < 4.78 is 25.3. The van der Waals surface area contributed by atoms with E-state index in [4.69, 9.17) is 19.3 Å². The minimum Gasteiger partial charge on any atom is -0.462 e. The molecule has 0 amide bonds. The quantitative estimate of drug-likeness (QED) is 0.162. The summed E-state index contributed by atoms with van der Waals surface area (Å²) in [6.45, 7) is 4.65. The first-order chi connectivity index (χ1) is 12.8. The number of hydrogen-bond donors (Lipinski definition) is 2. The standard InChI is InChI=1S/C18H33O8P/c1-3-5-6-7-8-9-10-11-13-18(20)26-16(15-25-27(21,22)23)14-24-17(19)12-4-2/h3,16H,1,4-15H2,2H3,(H2,21,22,23)/t16-/m1/s1. The lowest BCUT2D eigenvalue weighted by Gasteiger charge is -2.18. The summed E-state index contributed by atoms with van der Waals surface area (Å²) in [6.07, 6.45) is 8.87. The highest BCUT2D eigenvalue weighted by molar-refractivity contribution is 7.46. The molecule has 0 aliphatic carbocycles. The Balaban J connectivity index is 4.14. The first kappa shape index (κ1) is 25.8. The molecule has 0 spiro atoms. The van der Waals surface area contributed by atoms with Crippen LogP contribution in [0.25, 0.3) is 0 Å². The Bertz CT molecular complexity index is 474. The molecule has 0 rings (SSSR count). The molecule has 0 radical (unpaired) electrons. The Kier molecular flexibility index (Phi) is 15.1. The summed E-state index contributed by atoms with van der Waals surface area (Å²) in [5, 5.41) is 0. The van der Waals surface area contributed by atoms with E-state index in [-0.39, 0.29) is 19.4 Å². The van der Waals surface area contributed by atoms with Crippen molar-refractivity contribution in [3.05, 3.63) is 12.7 Å². The Hall–Kier alpha value is -1.21. The van der Waals surface area contributed by atoms with Gasteiger partial charge in [-0.25, -0.2) is 4.57 Å². The van der Waals surface area contributed by atoms with Crippen LogP contribution in [0, 0.1) is 0 Å². The molecule has 1 atom stereocenters. The number of phosphoric ester groups is 1. The molecule has 0 saturated carbocycles. The Labute approximate surface area is 161 Å². The molecule has 0 aromatic heterocycles. The molecule has 27 heavy (non-hydrogen) atoms. The SMILES string of the molecule is C=CCCCCCCCCC(=O)O[C@H](COC(=O)CCC)COP(=O)(O)O. The fourth-order valence-corrected chi connectivity index (χ4v) is 2.63. The van der Waals surface area contributed by atoms with Crippen LogP contribution >= 0.6 is 7.82 Å². The number of esters is 2. The first-order valence-electron chi connectivity index (χ1n) is 9.44. The lowest BCUT2D eigenvalue weighted by molar-refractivity contribution is -0.161. The van der Waals surface area contributed by atoms with Crippen LogP contribution in [-0.2, 0) is 28.2 Å². The van der Waals surface area contributed by atoms with E-state index in [9.17, 15) is 14.2 Å². The molecule has 158 valence electrons. The molecule has 8 nitrogen and oxygen atoms in total. The maximum Gasteiger partial charge on any atom is 0.469 e. The van der Waals surface area contributed by atoms with Gasteiger partial charge in [0.2, 0.25) is 0 Å². The largest absolute Gasteiger partial charge is 0.469 e. The highest BCUT2D eigenvalue weighted by atomic mass is 31.2. The number of hydrogen-bond acceptors (Lipinski definition) is 6. The average molecular weight is 408 g/mol. The monoisotopic (exact) mass is 408 g/mol. The van der Waals surface area contributed by atoms with E-state index in [1.807, 2.05) is 13.0 Å². The molecular formula is C18H33O8P. The number of unbranched alkanes of at least 4 members (excludes halogenated alkanes) is 6. The highest BCUT2D eigenvalue weighted by Crippen LogP contribution is 2.35.